The highest BCUT2D eigenvalue weighted by Crippen LogP contribution is 2.30. The first-order chi connectivity index (χ1) is 8.83. The predicted molar refractivity (Wildman–Crippen MR) is 69.2 cm³/mol. The van der Waals surface area contributed by atoms with Crippen LogP contribution in [0.15, 0.2) is 42.0 Å². The normalized spacial score (nSPS) is 17.4. The molecule has 3 heteroatoms. The fourth-order valence-electron chi connectivity index (χ4n) is 2.20. The summed E-state index contributed by atoms with van der Waals surface area (Å²) in [6, 6.07) is 9.69. The fraction of sp³-hybridized carbons (Fsp3) is 0.400. The standard InChI is InChI=1S/C15H18O3/c16-10-11-18-15(12-6-2-1-3-7-12)13-8-4-5-9-14(13)17/h1-3,6-8,15-16H,4-5,9-11H2. The molecule has 96 valence electrons. The lowest BCUT2D eigenvalue weighted by Crippen LogP contribution is -2.18. The van der Waals surface area contributed by atoms with Gasteiger partial charge in [-0.05, 0) is 18.4 Å². The molecule has 0 bridgehead atoms. The highest BCUT2D eigenvalue weighted by molar-refractivity contribution is 5.97. The number of Topliss-reactive ketones (excluding diaryl/α,β-unsaturated/α-hetero) is 1. The second kappa shape index (κ2) is 6.47. The van der Waals surface area contributed by atoms with Gasteiger partial charge in [0.05, 0.1) is 13.2 Å². The first kappa shape index (κ1) is 13.0. The van der Waals surface area contributed by atoms with Crippen LogP contribution < -0.4 is 0 Å². The Balaban J connectivity index is 2.25. The molecule has 2 rings (SSSR count). The fourth-order valence-corrected chi connectivity index (χ4v) is 2.20. The van der Waals surface area contributed by atoms with Gasteiger partial charge in [0.2, 0.25) is 0 Å². The Morgan fingerprint density at radius 2 is 2.06 bits per heavy atom. The van der Waals surface area contributed by atoms with Crippen molar-refractivity contribution in [1.82, 2.24) is 0 Å². The minimum absolute atomic E-state index is 0.0369. The summed E-state index contributed by atoms with van der Waals surface area (Å²) in [5, 5.41) is 8.90. The molecule has 18 heavy (non-hydrogen) atoms. The zero-order valence-electron chi connectivity index (χ0n) is 10.3. The minimum atomic E-state index is -0.342. The van der Waals surface area contributed by atoms with Gasteiger partial charge in [-0.15, -0.1) is 0 Å². The Kier molecular flexibility index (Phi) is 4.67. The molecule has 0 fully saturated rings. The highest BCUT2D eigenvalue weighted by Gasteiger charge is 2.24. The summed E-state index contributed by atoms with van der Waals surface area (Å²) in [7, 11) is 0. The average Bonchev–Trinajstić information content (AvgIpc) is 2.42. The van der Waals surface area contributed by atoms with E-state index in [9.17, 15) is 4.79 Å². The van der Waals surface area contributed by atoms with E-state index in [1.165, 1.54) is 0 Å². The topological polar surface area (TPSA) is 46.5 Å². The smallest absolute Gasteiger partial charge is 0.161 e. The molecule has 0 aromatic heterocycles. The quantitative estimate of drug-likeness (QED) is 0.867. The number of ether oxygens (including phenoxy) is 1. The van der Waals surface area contributed by atoms with Crippen molar-refractivity contribution in [3.05, 3.63) is 47.5 Å². The van der Waals surface area contributed by atoms with E-state index in [1.807, 2.05) is 36.4 Å². The maximum atomic E-state index is 12.0. The molecule has 1 aliphatic rings. The third-order valence-electron chi connectivity index (χ3n) is 3.05. The number of ketones is 1. The number of hydrogen-bond donors (Lipinski definition) is 1. The average molecular weight is 246 g/mol. The lowest BCUT2D eigenvalue weighted by atomic mass is 9.90. The van der Waals surface area contributed by atoms with Gasteiger partial charge < -0.3 is 9.84 Å². The Hall–Kier alpha value is -1.45. The van der Waals surface area contributed by atoms with E-state index in [0.29, 0.717) is 6.42 Å². The first-order valence-corrected chi connectivity index (χ1v) is 6.33. The Bertz CT molecular complexity index is 423. The van der Waals surface area contributed by atoms with Crippen LogP contribution in [0, 0.1) is 0 Å². The molecule has 0 radical (unpaired) electrons. The number of benzene rings is 1. The van der Waals surface area contributed by atoms with Gasteiger partial charge in [-0.3, -0.25) is 4.79 Å². The number of carbonyl (C=O) groups is 1. The zero-order chi connectivity index (χ0) is 12.8. The maximum absolute atomic E-state index is 12.0. The third kappa shape index (κ3) is 3.06. The molecule has 0 aliphatic heterocycles. The van der Waals surface area contributed by atoms with Gasteiger partial charge in [-0.2, -0.15) is 0 Å². The molecular weight excluding hydrogens is 228 g/mol. The molecule has 3 nitrogen and oxygen atoms in total. The van der Waals surface area contributed by atoms with Crippen LogP contribution in [0.5, 0.6) is 0 Å². The molecule has 1 aliphatic carbocycles. The number of hydrogen-bond acceptors (Lipinski definition) is 3. The molecule has 0 amide bonds. The maximum Gasteiger partial charge on any atom is 0.161 e. The van der Waals surface area contributed by atoms with Crippen LogP contribution in [0.4, 0.5) is 0 Å². The molecule has 1 unspecified atom stereocenters. The van der Waals surface area contributed by atoms with Crippen molar-refractivity contribution in [2.45, 2.75) is 25.4 Å². The Morgan fingerprint density at radius 3 is 2.72 bits per heavy atom. The Morgan fingerprint density at radius 1 is 1.28 bits per heavy atom. The monoisotopic (exact) mass is 246 g/mol. The van der Waals surface area contributed by atoms with E-state index in [2.05, 4.69) is 0 Å². The second-order valence-corrected chi connectivity index (χ2v) is 4.36. The van der Waals surface area contributed by atoms with Crippen LogP contribution in [-0.2, 0) is 9.53 Å². The summed E-state index contributed by atoms with van der Waals surface area (Å²) >= 11 is 0. The number of allylic oxidation sites excluding steroid dienone is 1. The van der Waals surface area contributed by atoms with Crippen LogP contribution in [-0.4, -0.2) is 24.1 Å². The number of aliphatic hydroxyl groups excluding tert-OH is 1. The molecule has 1 aromatic carbocycles. The summed E-state index contributed by atoms with van der Waals surface area (Å²) in [6.07, 6.45) is 4.07. The summed E-state index contributed by atoms with van der Waals surface area (Å²) in [6.45, 7) is 0.203. The zero-order valence-corrected chi connectivity index (χ0v) is 10.3. The molecule has 1 N–H and O–H groups in total. The number of carbonyl (C=O) groups excluding carboxylic acids is 1. The molecular formula is C15H18O3. The number of rotatable bonds is 5. The van der Waals surface area contributed by atoms with Crippen molar-refractivity contribution in [3.63, 3.8) is 0 Å². The van der Waals surface area contributed by atoms with E-state index < -0.39 is 0 Å². The summed E-state index contributed by atoms with van der Waals surface area (Å²) in [5.41, 5.74) is 1.70. The molecule has 1 atom stereocenters. The van der Waals surface area contributed by atoms with Gasteiger partial charge in [-0.1, -0.05) is 36.4 Å². The van der Waals surface area contributed by atoms with Crippen molar-refractivity contribution >= 4 is 5.78 Å². The van der Waals surface area contributed by atoms with Crippen molar-refractivity contribution in [2.75, 3.05) is 13.2 Å². The molecule has 0 saturated heterocycles. The lowest BCUT2D eigenvalue weighted by molar-refractivity contribution is -0.117. The lowest BCUT2D eigenvalue weighted by Gasteiger charge is -2.22. The van der Waals surface area contributed by atoms with Gasteiger partial charge in [0.25, 0.3) is 0 Å². The summed E-state index contributed by atoms with van der Waals surface area (Å²) in [5.74, 6) is 0.160. The van der Waals surface area contributed by atoms with Crippen LogP contribution in [0.25, 0.3) is 0 Å². The minimum Gasteiger partial charge on any atom is -0.394 e. The predicted octanol–water partition coefficient (Wildman–Crippen LogP) is 2.42. The Labute approximate surface area is 107 Å². The van der Waals surface area contributed by atoms with Gasteiger partial charge in [0, 0.05) is 12.0 Å². The van der Waals surface area contributed by atoms with Crippen LogP contribution in [0.2, 0.25) is 0 Å². The first-order valence-electron chi connectivity index (χ1n) is 6.33. The summed E-state index contributed by atoms with van der Waals surface area (Å²) in [4.78, 5) is 12.0. The van der Waals surface area contributed by atoms with Gasteiger partial charge in [-0.25, -0.2) is 0 Å². The van der Waals surface area contributed by atoms with E-state index in [0.717, 1.165) is 24.0 Å². The van der Waals surface area contributed by atoms with Gasteiger partial charge in [0.1, 0.15) is 6.10 Å². The largest absolute Gasteiger partial charge is 0.394 e. The van der Waals surface area contributed by atoms with Crippen LogP contribution in [0.3, 0.4) is 0 Å². The van der Waals surface area contributed by atoms with Crippen molar-refractivity contribution in [2.24, 2.45) is 0 Å². The SMILES string of the molecule is O=C1CCCC=C1C(OCCO)c1ccccc1. The van der Waals surface area contributed by atoms with Crippen LogP contribution in [0.1, 0.15) is 30.9 Å². The van der Waals surface area contributed by atoms with E-state index in [4.69, 9.17) is 9.84 Å². The highest BCUT2D eigenvalue weighted by atomic mass is 16.5. The molecule has 0 spiro atoms. The van der Waals surface area contributed by atoms with Crippen molar-refractivity contribution in [3.8, 4) is 0 Å². The second-order valence-electron chi connectivity index (χ2n) is 4.36. The summed E-state index contributed by atoms with van der Waals surface area (Å²) < 4.78 is 5.65. The molecule has 1 aromatic rings. The van der Waals surface area contributed by atoms with Gasteiger partial charge >= 0.3 is 0 Å². The van der Waals surface area contributed by atoms with Crippen molar-refractivity contribution < 1.29 is 14.6 Å². The van der Waals surface area contributed by atoms with E-state index >= 15 is 0 Å². The van der Waals surface area contributed by atoms with E-state index in [-0.39, 0.29) is 25.1 Å². The van der Waals surface area contributed by atoms with E-state index in [1.54, 1.807) is 0 Å². The number of aliphatic hydroxyl groups is 1. The molecule has 0 heterocycles. The van der Waals surface area contributed by atoms with Crippen LogP contribution >= 0.6 is 0 Å². The third-order valence-corrected chi connectivity index (χ3v) is 3.05. The molecule has 0 saturated carbocycles. The van der Waals surface area contributed by atoms with Gasteiger partial charge in [0.15, 0.2) is 5.78 Å². The van der Waals surface area contributed by atoms with Crippen molar-refractivity contribution in [1.29, 1.82) is 0 Å².